The summed E-state index contributed by atoms with van der Waals surface area (Å²) in [7, 11) is 1.83. The van der Waals surface area contributed by atoms with Gasteiger partial charge in [0, 0.05) is 23.9 Å². The summed E-state index contributed by atoms with van der Waals surface area (Å²) in [5.41, 5.74) is 2.03. The third-order valence-electron chi connectivity index (χ3n) is 10.9. The van der Waals surface area contributed by atoms with Crippen molar-refractivity contribution >= 4 is 23.4 Å². The summed E-state index contributed by atoms with van der Waals surface area (Å²) in [4.78, 5) is 41.3. The maximum Gasteiger partial charge on any atom is 0.339 e. The zero-order valence-electron chi connectivity index (χ0n) is 35.1. The lowest BCUT2D eigenvalue weighted by atomic mass is 9.94. The zero-order chi connectivity index (χ0) is 39.2. The molecule has 0 spiro atoms. The second-order valence-corrected chi connectivity index (χ2v) is 15.7. The van der Waals surface area contributed by atoms with E-state index in [-0.39, 0.29) is 22.8 Å². The van der Waals surface area contributed by atoms with Gasteiger partial charge in [0.05, 0.1) is 24.3 Å². The van der Waals surface area contributed by atoms with Crippen LogP contribution in [0.5, 0.6) is 0 Å². The molecule has 0 fully saturated rings. The topological polar surface area (TPSA) is 81.7 Å². The number of nitrogens with one attached hydrogen (secondary N) is 1. The molecule has 2 rings (SSSR count). The Labute approximate surface area is 330 Å². The number of esters is 2. The highest BCUT2D eigenvalue weighted by atomic mass is 16.5. The van der Waals surface area contributed by atoms with Crippen LogP contribution in [0.1, 0.15) is 218 Å². The summed E-state index contributed by atoms with van der Waals surface area (Å²) in [5, 5.41) is 3.08. The van der Waals surface area contributed by atoms with Gasteiger partial charge in [0.15, 0.2) is 5.78 Å². The lowest BCUT2D eigenvalue weighted by Gasteiger charge is -2.19. The fourth-order valence-electron chi connectivity index (χ4n) is 7.30. The first-order valence-electron chi connectivity index (χ1n) is 22.2. The minimum atomic E-state index is -0.563. The molecule has 2 aromatic rings. The second kappa shape index (κ2) is 30.1. The van der Waals surface area contributed by atoms with Crippen molar-refractivity contribution < 1.29 is 23.9 Å². The molecule has 304 valence electrons. The van der Waals surface area contributed by atoms with Crippen LogP contribution in [0.25, 0.3) is 0 Å². The van der Waals surface area contributed by atoms with Crippen LogP contribution in [0.3, 0.4) is 0 Å². The van der Waals surface area contributed by atoms with E-state index in [1.807, 2.05) is 19.2 Å². The molecule has 0 bridgehead atoms. The molecule has 54 heavy (non-hydrogen) atoms. The average Bonchev–Trinajstić information content (AvgIpc) is 3.20. The number of ether oxygens (including phenoxy) is 2. The zero-order valence-corrected chi connectivity index (χ0v) is 35.1. The lowest BCUT2D eigenvalue weighted by molar-refractivity contribution is 0.0375. The Bertz CT molecular complexity index is 1290. The number of hydrogen-bond acceptors (Lipinski definition) is 6. The molecule has 2 unspecified atom stereocenters. The molecule has 2 aromatic carbocycles. The maximum atomic E-state index is 13.9. The molecule has 0 radical (unpaired) electrons. The first kappa shape index (κ1) is 47.0. The highest BCUT2D eigenvalue weighted by molar-refractivity contribution is 6.12. The molecule has 0 heterocycles. The monoisotopic (exact) mass is 748 g/mol. The molecule has 2 atom stereocenters. The molecule has 0 saturated carbocycles. The van der Waals surface area contributed by atoms with E-state index < -0.39 is 11.9 Å². The molecule has 0 aromatic heterocycles. The normalized spacial score (nSPS) is 12.3. The molecule has 0 saturated heterocycles. The predicted octanol–water partition coefficient (Wildman–Crippen LogP) is 13.9. The first-order chi connectivity index (χ1) is 26.4. The summed E-state index contributed by atoms with van der Waals surface area (Å²) in [6.07, 6.45) is 28.4. The van der Waals surface area contributed by atoms with Gasteiger partial charge < -0.3 is 14.8 Å². The van der Waals surface area contributed by atoms with Crippen LogP contribution in [0.4, 0.5) is 5.69 Å². The van der Waals surface area contributed by atoms with Crippen molar-refractivity contribution in [2.24, 2.45) is 11.8 Å². The summed E-state index contributed by atoms with van der Waals surface area (Å²) >= 11 is 0. The van der Waals surface area contributed by atoms with Gasteiger partial charge in [-0.05, 0) is 73.9 Å². The van der Waals surface area contributed by atoms with Crippen LogP contribution in [-0.4, -0.2) is 38.0 Å². The van der Waals surface area contributed by atoms with Crippen molar-refractivity contribution in [2.45, 2.75) is 182 Å². The fraction of sp³-hybridized carbons (Fsp3) is 0.688. The fourth-order valence-corrected chi connectivity index (χ4v) is 7.30. The van der Waals surface area contributed by atoms with Crippen LogP contribution >= 0.6 is 0 Å². The van der Waals surface area contributed by atoms with Gasteiger partial charge in [-0.15, -0.1) is 0 Å². The largest absolute Gasteiger partial charge is 0.462 e. The highest BCUT2D eigenvalue weighted by Crippen LogP contribution is 2.24. The van der Waals surface area contributed by atoms with Crippen molar-refractivity contribution in [1.29, 1.82) is 0 Å². The molecular formula is C48H77NO5. The van der Waals surface area contributed by atoms with E-state index in [0.717, 1.165) is 57.1 Å². The number of unbranched alkanes of at least 4 members (excludes halogenated alkanes) is 16. The van der Waals surface area contributed by atoms with E-state index >= 15 is 0 Å². The van der Waals surface area contributed by atoms with Gasteiger partial charge in [-0.1, -0.05) is 162 Å². The Morgan fingerprint density at radius 2 is 0.852 bits per heavy atom. The van der Waals surface area contributed by atoms with Crippen molar-refractivity contribution in [1.82, 2.24) is 0 Å². The second-order valence-electron chi connectivity index (χ2n) is 15.7. The standard InChI is InChI=1S/C48H77NO5/c1-6-10-14-18-20-24-28-39(26-22-16-12-8-3)37-53-47(51)44-35-32-42(46(50)41-30-33-43(49-5)34-31-41)36-45(44)48(52)54-38-40(27-23-17-13-9-4)29-25-21-19-15-11-7-2/h30-36,39-40,49H,6-29,37-38H2,1-5H3. The van der Waals surface area contributed by atoms with E-state index in [1.54, 1.807) is 24.3 Å². The van der Waals surface area contributed by atoms with Crippen LogP contribution in [-0.2, 0) is 9.47 Å². The van der Waals surface area contributed by atoms with Crippen LogP contribution in [0, 0.1) is 11.8 Å². The molecule has 0 aliphatic rings. The van der Waals surface area contributed by atoms with Crippen molar-refractivity contribution in [3.8, 4) is 0 Å². The van der Waals surface area contributed by atoms with Crippen LogP contribution in [0.15, 0.2) is 42.5 Å². The van der Waals surface area contributed by atoms with Crippen molar-refractivity contribution in [3.05, 3.63) is 64.7 Å². The van der Waals surface area contributed by atoms with Crippen LogP contribution in [0.2, 0.25) is 0 Å². The van der Waals surface area contributed by atoms with Gasteiger partial charge in [0.1, 0.15) is 0 Å². The summed E-state index contributed by atoms with van der Waals surface area (Å²) in [6, 6.07) is 12.0. The van der Waals surface area contributed by atoms with E-state index in [9.17, 15) is 14.4 Å². The van der Waals surface area contributed by atoms with Gasteiger partial charge in [0.25, 0.3) is 0 Å². The quantitative estimate of drug-likeness (QED) is 0.0445. The molecular weight excluding hydrogens is 671 g/mol. The number of carbonyl (C=O) groups excluding carboxylic acids is 3. The Morgan fingerprint density at radius 1 is 0.481 bits per heavy atom. The molecule has 0 aliphatic heterocycles. The average molecular weight is 748 g/mol. The molecule has 0 amide bonds. The van der Waals surface area contributed by atoms with Gasteiger partial charge in [-0.25, -0.2) is 9.59 Å². The van der Waals surface area contributed by atoms with Gasteiger partial charge in [-0.2, -0.15) is 0 Å². The minimum absolute atomic E-state index is 0.109. The van der Waals surface area contributed by atoms with E-state index in [4.69, 9.17) is 9.47 Å². The lowest BCUT2D eigenvalue weighted by Crippen LogP contribution is -2.20. The molecule has 6 nitrogen and oxygen atoms in total. The number of rotatable bonds is 33. The highest BCUT2D eigenvalue weighted by Gasteiger charge is 2.24. The smallest absolute Gasteiger partial charge is 0.339 e. The summed E-state index contributed by atoms with van der Waals surface area (Å²) in [5.74, 6) is -0.729. The SMILES string of the molecule is CCCCCCCCC(CCCCCC)COC(=O)c1ccc(C(=O)c2ccc(NC)cc2)cc1C(=O)OCC(CCCCCC)CCCCCCCC. The number of carbonyl (C=O) groups is 3. The first-order valence-corrected chi connectivity index (χ1v) is 22.2. The summed E-state index contributed by atoms with van der Waals surface area (Å²) in [6.45, 7) is 9.57. The third kappa shape index (κ3) is 19.4. The predicted molar refractivity (Wildman–Crippen MR) is 227 cm³/mol. The molecule has 0 aliphatic carbocycles. The van der Waals surface area contributed by atoms with Gasteiger partial charge in [-0.3, -0.25) is 4.79 Å². The number of benzene rings is 2. The molecule has 1 N–H and O–H groups in total. The Balaban J connectivity index is 2.26. The Hall–Kier alpha value is -3.15. The minimum Gasteiger partial charge on any atom is -0.462 e. The van der Waals surface area contributed by atoms with Gasteiger partial charge in [0.2, 0.25) is 0 Å². The number of ketones is 1. The third-order valence-corrected chi connectivity index (χ3v) is 10.9. The maximum absolute atomic E-state index is 13.9. The van der Waals surface area contributed by atoms with E-state index in [1.165, 1.54) is 109 Å². The number of hydrogen-bond donors (Lipinski definition) is 1. The van der Waals surface area contributed by atoms with E-state index in [2.05, 4.69) is 33.0 Å². The van der Waals surface area contributed by atoms with Crippen molar-refractivity contribution in [2.75, 3.05) is 25.6 Å². The number of anilines is 1. The van der Waals surface area contributed by atoms with Crippen molar-refractivity contribution in [3.63, 3.8) is 0 Å². The summed E-state index contributed by atoms with van der Waals surface area (Å²) < 4.78 is 12.0. The van der Waals surface area contributed by atoms with E-state index in [0.29, 0.717) is 30.3 Å². The Morgan fingerprint density at radius 3 is 1.28 bits per heavy atom. The van der Waals surface area contributed by atoms with Crippen LogP contribution < -0.4 is 5.32 Å². The Kier molecular flexibility index (Phi) is 26.2. The van der Waals surface area contributed by atoms with Gasteiger partial charge >= 0.3 is 11.9 Å². The molecule has 6 heteroatoms.